The molecule has 1 fully saturated rings. The molecular weight excluding hydrogens is 340 g/mol. The molecule has 7 heteroatoms. The Kier molecular flexibility index (Phi) is 4.05. The summed E-state index contributed by atoms with van der Waals surface area (Å²) in [7, 11) is 0.361. The molecule has 136 valence electrons. The van der Waals surface area contributed by atoms with E-state index in [0.29, 0.717) is 17.9 Å². The monoisotopic (exact) mass is 364 g/mol. The molecule has 1 aromatic heterocycles. The Labute approximate surface area is 148 Å². The number of rotatable bonds is 4. The predicted octanol–water partition coefficient (Wildman–Crippen LogP) is 1.64. The van der Waals surface area contributed by atoms with E-state index in [1.807, 2.05) is 18.3 Å². The van der Waals surface area contributed by atoms with Crippen molar-refractivity contribution in [1.82, 2.24) is 9.63 Å². The molecule has 1 aromatic carbocycles. The second-order valence-electron chi connectivity index (χ2n) is 7.37. The first-order valence-corrected chi connectivity index (χ1v) is 10.4. The van der Waals surface area contributed by atoms with Crippen LogP contribution in [0.3, 0.4) is 0 Å². The summed E-state index contributed by atoms with van der Waals surface area (Å²) < 4.78 is 35.2. The van der Waals surface area contributed by atoms with E-state index in [4.69, 9.17) is 9.02 Å². The molecule has 0 spiro atoms. The highest BCUT2D eigenvalue weighted by molar-refractivity contribution is 7.86. The minimum absolute atomic E-state index is 0.431. The maximum Gasteiger partial charge on any atom is 0.324 e. The quantitative estimate of drug-likeness (QED) is 0.825. The lowest BCUT2D eigenvalue weighted by atomic mass is 9.72. The number of piperidine rings is 1. The van der Waals surface area contributed by atoms with Gasteiger partial charge >= 0.3 is 10.1 Å². The summed E-state index contributed by atoms with van der Waals surface area (Å²) in [5, 5.41) is 1.15. The third kappa shape index (κ3) is 2.94. The number of fused-ring (bicyclic) bond motifs is 2. The number of likely N-dealkylation sites (N-methyl/N-ethyl adjacent to an activating group) is 1. The SMILES string of the molecule is COCC1C[C@H]2c3cccc4c3c(cn4OS(C)(=O)=O)C[C@@H]2N(C)C1. The minimum Gasteiger partial charge on any atom is -0.384 e. The molecule has 4 rings (SSSR count). The van der Waals surface area contributed by atoms with Gasteiger partial charge in [-0.25, -0.2) is 0 Å². The highest BCUT2D eigenvalue weighted by Crippen LogP contribution is 2.44. The van der Waals surface area contributed by atoms with Crippen molar-refractivity contribution in [3.05, 3.63) is 35.5 Å². The summed E-state index contributed by atoms with van der Waals surface area (Å²) in [6, 6.07) is 6.52. The molecule has 3 atom stereocenters. The van der Waals surface area contributed by atoms with Gasteiger partial charge in [-0.1, -0.05) is 12.1 Å². The lowest BCUT2D eigenvalue weighted by Gasteiger charge is -2.45. The van der Waals surface area contributed by atoms with Crippen LogP contribution < -0.4 is 4.28 Å². The highest BCUT2D eigenvalue weighted by atomic mass is 32.2. The van der Waals surface area contributed by atoms with Crippen molar-refractivity contribution in [2.45, 2.75) is 24.8 Å². The molecule has 0 amide bonds. The standard InChI is InChI=1S/C18H24N2O4S/c1-19-9-12(11-23-2)7-15-14-5-4-6-16-18(14)13(8-17(15)19)10-20(16)24-25(3,21)22/h4-6,10,12,15,17H,7-9,11H2,1-3H3/t12?,15-,17-/m0/s1. The maximum absolute atomic E-state index is 11.6. The first-order valence-electron chi connectivity index (χ1n) is 8.59. The third-order valence-corrected chi connectivity index (χ3v) is 5.95. The molecule has 25 heavy (non-hydrogen) atoms. The Hall–Kier alpha value is -1.57. The van der Waals surface area contributed by atoms with Crippen LogP contribution in [-0.2, 0) is 21.3 Å². The van der Waals surface area contributed by atoms with Crippen molar-refractivity contribution < 1.29 is 17.4 Å². The highest BCUT2D eigenvalue weighted by Gasteiger charge is 2.39. The summed E-state index contributed by atoms with van der Waals surface area (Å²) in [5.41, 5.74) is 3.28. The average Bonchev–Trinajstić information content (AvgIpc) is 2.86. The van der Waals surface area contributed by atoms with E-state index in [-0.39, 0.29) is 0 Å². The molecule has 1 unspecified atom stereocenters. The van der Waals surface area contributed by atoms with Crippen molar-refractivity contribution in [2.24, 2.45) is 5.92 Å². The fourth-order valence-corrected chi connectivity index (χ4v) is 5.11. The van der Waals surface area contributed by atoms with E-state index in [1.54, 1.807) is 7.11 Å². The molecule has 0 N–H and O–H groups in total. The van der Waals surface area contributed by atoms with Crippen LogP contribution >= 0.6 is 0 Å². The summed E-state index contributed by atoms with van der Waals surface area (Å²) >= 11 is 0. The third-order valence-electron chi connectivity index (χ3n) is 5.52. The van der Waals surface area contributed by atoms with Gasteiger partial charge in [0, 0.05) is 37.2 Å². The molecule has 0 radical (unpaired) electrons. The summed E-state index contributed by atoms with van der Waals surface area (Å²) in [4.78, 5) is 2.42. The van der Waals surface area contributed by atoms with E-state index < -0.39 is 10.1 Å². The molecule has 2 aromatic rings. The van der Waals surface area contributed by atoms with Gasteiger partial charge < -0.3 is 9.64 Å². The van der Waals surface area contributed by atoms with Crippen LogP contribution in [0.1, 0.15) is 23.5 Å². The van der Waals surface area contributed by atoms with Crippen LogP contribution in [-0.4, -0.2) is 57.7 Å². The Morgan fingerprint density at radius 2 is 2.12 bits per heavy atom. The van der Waals surface area contributed by atoms with Crippen LogP contribution in [0.4, 0.5) is 0 Å². The van der Waals surface area contributed by atoms with Crippen LogP contribution in [0, 0.1) is 5.92 Å². The van der Waals surface area contributed by atoms with Crippen molar-refractivity contribution in [1.29, 1.82) is 0 Å². The molecule has 0 saturated carbocycles. The summed E-state index contributed by atoms with van der Waals surface area (Å²) in [6.07, 6.45) is 4.92. The molecule has 6 nitrogen and oxygen atoms in total. The number of aromatic nitrogens is 1. The van der Waals surface area contributed by atoms with Gasteiger partial charge in [-0.3, -0.25) is 4.28 Å². The minimum atomic E-state index is -3.57. The van der Waals surface area contributed by atoms with Crippen molar-refractivity contribution >= 4 is 21.0 Å². The molecule has 2 aliphatic rings. The van der Waals surface area contributed by atoms with E-state index in [2.05, 4.69) is 18.0 Å². The van der Waals surface area contributed by atoms with Crippen molar-refractivity contribution in [2.75, 3.05) is 33.6 Å². The Bertz CT molecular complexity index is 905. The van der Waals surface area contributed by atoms with Gasteiger partial charge in [0.25, 0.3) is 0 Å². The first-order chi connectivity index (χ1) is 11.9. The molecule has 0 bridgehead atoms. The smallest absolute Gasteiger partial charge is 0.324 e. The van der Waals surface area contributed by atoms with Crippen LogP contribution in [0.5, 0.6) is 0 Å². The van der Waals surface area contributed by atoms with Crippen molar-refractivity contribution in [3.63, 3.8) is 0 Å². The van der Waals surface area contributed by atoms with Gasteiger partial charge in [0.2, 0.25) is 0 Å². The van der Waals surface area contributed by atoms with E-state index in [1.165, 1.54) is 10.3 Å². The normalized spacial score (nSPS) is 26.6. The summed E-state index contributed by atoms with van der Waals surface area (Å²) in [6.45, 7) is 1.80. The fourth-order valence-electron chi connectivity index (χ4n) is 4.69. The molecule has 1 aliphatic carbocycles. The number of likely N-dealkylation sites (tertiary alicyclic amines) is 1. The zero-order valence-electron chi connectivity index (χ0n) is 14.8. The fraction of sp³-hybridized carbons (Fsp3) is 0.556. The zero-order valence-corrected chi connectivity index (χ0v) is 15.6. The number of nitrogens with zero attached hydrogens (tertiary/aromatic N) is 2. The predicted molar refractivity (Wildman–Crippen MR) is 96.2 cm³/mol. The van der Waals surface area contributed by atoms with E-state index in [9.17, 15) is 8.42 Å². The van der Waals surface area contributed by atoms with Gasteiger partial charge in [-0.15, -0.1) is 0 Å². The summed E-state index contributed by atoms with van der Waals surface area (Å²) in [5.74, 6) is 0.951. The number of hydrogen-bond donors (Lipinski definition) is 0. The maximum atomic E-state index is 11.6. The topological polar surface area (TPSA) is 60.8 Å². The molecule has 2 heterocycles. The average molecular weight is 364 g/mol. The zero-order chi connectivity index (χ0) is 17.8. The lowest BCUT2D eigenvalue weighted by molar-refractivity contribution is 0.0587. The van der Waals surface area contributed by atoms with Crippen LogP contribution in [0.25, 0.3) is 10.9 Å². The van der Waals surface area contributed by atoms with E-state index >= 15 is 0 Å². The van der Waals surface area contributed by atoms with E-state index in [0.717, 1.165) is 48.7 Å². The Balaban J connectivity index is 1.80. The second-order valence-corrected chi connectivity index (χ2v) is 8.93. The number of benzene rings is 1. The Morgan fingerprint density at radius 3 is 2.84 bits per heavy atom. The number of hydrogen-bond acceptors (Lipinski definition) is 5. The van der Waals surface area contributed by atoms with Crippen LogP contribution in [0.15, 0.2) is 24.4 Å². The lowest BCUT2D eigenvalue weighted by Crippen LogP contribution is -2.48. The number of methoxy groups -OCH3 is 1. The first kappa shape index (κ1) is 16.9. The van der Waals surface area contributed by atoms with Gasteiger partial charge in [0.1, 0.15) is 0 Å². The molecule has 1 aliphatic heterocycles. The van der Waals surface area contributed by atoms with Crippen molar-refractivity contribution in [3.8, 4) is 0 Å². The largest absolute Gasteiger partial charge is 0.384 e. The van der Waals surface area contributed by atoms with Gasteiger partial charge in [0.05, 0.1) is 18.4 Å². The van der Waals surface area contributed by atoms with Gasteiger partial charge in [-0.05, 0) is 43.0 Å². The second kappa shape index (κ2) is 6.00. The van der Waals surface area contributed by atoms with Gasteiger partial charge in [0.15, 0.2) is 0 Å². The van der Waals surface area contributed by atoms with Gasteiger partial charge in [-0.2, -0.15) is 13.1 Å². The number of ether oxygens (including phenoxy) is 1. The molecular formula is C18H24N2O4S. The molecule has 1 saturated heterocycles. The Morgan fingerprint density at radius 1 is 1.32 bits per heavy atom. The van der Waals surface area contributed by atoms with Crippen LogP contribution in [0.2, 0.25) is 0 Å².